The van der Waals surface area contributed by atoms with Crippen LogP contribution < -0.4 is 0 Å². The molecule has 0 aromatic carbocycles. The van der Waals surface area contributed by atoms with E-state index in [1.54, 1.807) is 0 Å². The van der Waals surface area contributed by atoms with Crippen LogP contribution in [0.3, 0.4) is 0 Å². The van der Waals surface area contributed by atoms with Crippen molar-refractivity contribution in [3.63, 3.8) is 0 Å². The third-order valence-corrected chi connectivity index (χ3v) is 8.97. The zero-order valence-corrected chi connectivity index (χ0v) is 15.0. The van der Waals surface area contributed by atoms with Gasteiger partial charge in [-0.15, -0.1) is 0 Å². The van der Waals surface area contributed by atoms with Gasteiger partial charge in [0.1, 0.15) is 6.10 Å². The SMILES string of the molecule is C[C@]12CC[C@H]3[C@@H](CCC4C[C@@H](O)C(O)C(O)(O)[C@@]43C)[C@@H]1C[C@H](O)[C@@H]2O. The summed E-state index contributed by atoms with van der Waals surface area (Å²) in [5.74, 6) is -2.05. The third kappa shape index (κ3) is 2.07. The van der Waals surface area contributed by atoms with Gasteiger partial charge in [0.15, 0.2) is 5.79 Å². The molecule has 6 N–H and O–H groups in total. The van der Waals surface area contributed by atoms with Gasteiger partial charge in [-0.05, 0) is 67.6 Å². The van der Waals surface area contributed by atoms with E-state index in [1.165, 1.54) is 0 Å². The molecule has 4 aliphatic rings. The smallest absolute Gasteiger partial charge is 0.198 e. The molecule has 0 amide bonds. The fraction of sp³-hybridized carbons (Fsp3) is 1.00. The molecule has 4 saturated carbocycles. The van der Waals surface area contributed by atoms with E-state index in [0.717, 1.165) is 25.7 Å². The number of rotatable bonds is 0. The molecule has 10 atom stereocenters. The summed E-state index contributed by atoms with van der Waals surface area (Å²) in [5, 5.41) is 62.8. The van der Waals surface area contributed by atoms with Gasteiger partial charge in [-0.1, -0.05) is 13.8 Å². The Labute approximate surface area is 148 Å². The van der Waals surface area contributed by atoms with Gasteiger partial charge in [-0.2, -0.15) is 0 Å². The number of hydrogen-bond acceptors (Lipinski definition) is 6. The Morgan fingerprint density at radius 1 is 0.760 bits per heavy atom. The van der Waals surface area contributed by atoms with Gasteiger partial charge in [0.25, 0.3) is 0 Å². The highest BCUT2D eigenvalue weighted by molar-refractivity contribution is 5.15. The summed E-state index contributed by atoms with van der Waals surface area (Å²) in [6, 6.07) is 0. The highest BCUT2D eigenvalue weighted by atomic mass is 16.5. The first-order valence-corrected chi connectivity index (χ1v) is 9.72. The van der Waals surface area contributed by atoms with E-state index in [9.17, 15) is 30.6 Å². The van der Waals surface area contributed by atoms with Crippen molar-refractivity contribution in [1.82, 2.24) is 0 Å². The van der Waals surface area contributed by atoms with Gasteiger partial charge in [-0.3, -0.25) is 0 Å². The predicted molar refractivity (Wildman–Crippen MR) is 89.1 cm³/mol. The lowest BCUT2D eigenvalue weighted by atomic mass is 9.43. The van der Waals surface area contributed by atoms with Crippen molar-refractivity contribution in [2.75, 3.05) is 0 Å². The maximum Gasteiger partial charge on any atom is 0.198 e. The molecule has 0 aliphatic heterocycles. The van der Waals surface area contributed by atoms with E-state index in [-0.39, 0.29) is 29.1 Å². The molecule has 0 bridgehead atoms. The van der Waals surface area contributed by atoms with Gasteiger partial charge < -0.3 is 30.6 Å². The molecule has 4 aliphatic carbocycles. The Bertz CT molecular complexity index is 552. The Hall–Kier alpha value is -0.240. The monoisotopic (exact) mass is 356 g/mol. The average Bonchev–Trinajstić information content (AvgIpc) is 2.79. The minimum absolute atomic E-state index is 0.000949. The molecule has 6 nitrogen and oxygen atoms in total. The molecule has 0 saturated heterocycles. The summed E-state index contributed by atoms with van der Waals surface area (Å²) < 4.78 is 0. The molecule has 2 unspecified atom stereocenters. The molecular weight excluding hydrogens is 324 g/mol. The number of hydrogen-bond donors (Lipinski definition) is 6. The van der Waals surface area contributed by atoms with Gasteiger partial charge in [-0.25, -0.2) is 0 Å². The Kier molecular flexibility index (Phi) is 3.91. The normalized spacial score (nSPS) is 60.5. The summed E-state index contributed by atoms with van der Waals surface area (Å²) in [7, 11) is 0. The van der Waals surface area contributed by atoms with E-state index < -0.39 is 35.6 Å². The quantitative estimate of drug-likeness (QED) is 0.339. The van der Waals surface area contributed by atoms with Crippen LogP contribution in [0.1, 0.15) is 52.4 Å². The maximum absolute atomic E-state index is 10.9. The zero-order valence-electron chi connectivity index (χ0n) is 15.0. The van der Waals surface area contributed by atoms with Gasteiger partial charge in [0, 0.05) is 5.41 Å². The highest BCUT2D eigenvalue weighted by Crippen LogP contribution is 2.67. The molecule has 0 aromatic heterocycles. The third-order valence-electron chi connectivity index (χ3n) is 8.97. The van der Waals surface area contributed by atoms with Crippen molar-refractivity contribution in [3.05, 3.63) is 0 Å². The second kappa shape index (κ2) is 5.40. The standard InChI is InChI=1S/C19H32O6/c1-17-6-5-11-10(12(17)8-14(21)15(17)22)4-3-9-7-13(20)16(23)19(24,25)18(9,11)2/h9-16,20-25H,3-8H2,1-2H3/t9?,10-,11+,12+,13-,14+,15+,16?,17+,18+/m1/s1. The van der Waals surface area contributed by atoms with E-state index in [0.29, 0.717) is 12.8 Å². The van der Waals surface area contributed by atoms with E-state index in [2.05, 4.69) is 0 Å². The summed E-state index contributed by atoms with van der Waals surface area (Å²) in [4.78, 5) is 0. The van der Waals surface area contributed by atoms with Crippen LogP contribution >= 0.6 is 0 Å². The lowest BCUT2D eigenvalue weighted by molar-refractivity contribution is -0.365. The van der Waals surface area contributed by atoms with Crippen LogP contribution in [0.4, 0.5) is 0 Å². The Morgan fingerprint density at radius 2 is 1.40 bits per heavy atom. The maximum atomic E-state index is 10.9. The molecule has 6 heteroatoms. The van der Waals surface area contributed by atoms with Crippen molar-refractivity contribution in [1.29, 1.82) is 0 Å². The summed E-state index contributed by atoms with van der Waals surface area (Å²) in [6.45, 7) is 3.90. The summed E-state index contributed by atoms with van der Waals surface area (Å²) in [5.41, 5.74) is -1.22. The number of fused-ring (bicyclic) bond motifs is 5. The molecule has 0 radical (unpaired) electrons. The molecule has 25 heavy (non-hydrogen) atoms. The van der Waals surface area contributed by atoms with E-state index in [1.807, 2.05) is 13.8 Å². The van der Waals surface area contributed by atoms with Crippen LogP contribution in [0.15, 0.2) is 0 Å². The zero-order chi connectivity index (χ0) is 18.4. The minimum atomic E-state index is -2.33. The van der Waals surface area contributed by atoms with Crippen molar-refractivity contribution < 1.29 is 30.6 Å². The van der Waals surface area contributed by atoms with Crippen LogP contribution in [0, 0.1) is 34.5 Å². The van der Waals surface area contributed by atoms with Gasteiger partial charge >= 0.3 is 0 Å². The van der Waals surface area contributed by atoms with Crippen LogP contribution in [0.5, 0.6) is 0 Å². The van der Waals surface area contributed by atoms with Crippen molar-refractivity contribution in [2.24, 2.45) is 34.5 Å². The largest absolute Gasteiger partial charge is 0.390 e. The van der Waals surface area contributed by atoms with Crippen LogP contribution in [0.2, 0.25) is 0 Å². The van der Waals surface area contributed by atoms with Crippen LogP contribution in [0.25, 0.3) is 0 Å². The van der Waals surface area contributed by atoms with Crippen molar-refractivity contribution in [3.8, 4) is 0 Å². The minimum Gasteiger partial charge on any atom is -0.390 e. The lowest BCUT2D eigenvalue weighted by Gasteiger charge is -2.64. The van der Waals surface area contributed by atoms with Gasteiger partial charge in [0.05, 0.1) is 18.3 Å². The molecule has 0 spiro atoms. The van der Waals surface area contributed by atoms with Crippen LogP contribution in [-0.4, -0.2) is 60.8 Å². The fourth-order valence-electron chi connectivity index (χ4n) is 7.36. The topological polar surface area (TPSA) is 121 Å². The van der Waals surface area contributed by atoms with Crippen molar-refractivity contribution in [2.45, 2.75) is 82.6 Å². The van der Waals surface area contributed by atoms with Crippen LogP contribution in [-0.2, 0) is 0 Å². The molecule has 4 rings (SSSR count). The molecule has 144 valence electrons. The second-order valence-corrected chi connectivity index (χ2v) is 9.70. The summed E-state index contributed by atoms with van der Waals surface area (Å²) in [6.07, 6.45) is -0.0529. The molecule has 0 heterocycles. The first-order valence-electron chi connectivity index (χ1n) is 9.72. The van der Waals surface area contributed by atoms with E-state index >= 15 is 0 Å². The first kappa shape index (κ1) is 18.1. The predicted octanol–water partition coefficient (Wildman–Crippen LogP) is -0.0167. The highest BCUT2D eigenvalue weighted by Gasteiger charge is 2.69. The number of aliphatic hydroxyl groups excluding tert-OH is 4. The Morgan fingerprint density at radius 3 is 2.08 bits per heavy atom. The second-order valence-electron chi connectivity index (χ2n) is 9.70. The van der Waals surface area contributed by atoms with E-state index in [4.69, 9.17) is 0 Å². The molecular formula is C19H32O6. The van der Waals surface area contributed by atoms with Crippen molar-refractivity contribution >= 4 is 0 Å². The molecule has 4 fully saturated rings. The summed E-state index contributed by atoms with van der Waals surface area (Å²) >= 11 is 0. The number of aliphatic hydroxyl groups is 6. The molecule has 0 aromatic rings. The lowest BCUT2D eigenvalue weighted by Crippen LogP contribution is -2.71. The average molecular weight is 356 g/mol. The fourth-order valence-corrected chi connectivity index (χ4v) is 7.36. The first-order chi connectivity index (χ1) is 11.5. The Balaban J connectivity index is 1.72. The van der Waals surface area contributed by atoms with Gasteiger partial charge in [0.2, 0.25) is 0 Å².